The van der Waals surface area contributed by atoms with E-state index in [1.807, 2.05) is 42.5 Å². The lowest BCUT2D eigenvalue weighted by molar-refractivity contribution is -0.118. The second-order valence-corrected chi connectivity index (χ2v) is 5.46. The first-order valence-electron chi connectivity index (χ1n) is 5.58. The van der Waals surface area contributed by atoms with Crippen molar-refractivity contribution in [3.05, 3.63) is 57.5 Å². The minimum atomic E-state index is -0.206. The molecule has 2 aromatic carbocycles. The minimum absolute atomic E-state index is 0.0378. The molecule has 0 aliphatic carbocycles. The van der Waals surface area contributed by atoms with Gasteiger partial charge >= 0.3 is 0 Å². The van der Waals surface area contributed by atoms with Gasteiger partial charge in [-0.15, -0.1) is 0 Å². The Balaban J connectivity index is 1.92. The Morgan fingerprint density at radius 1 is 1.00 bits per heavy atom. The lowest BCUT2D eigenvalue weighted by Gasteiger charge is -2.09. The van der Waals surface area contributed by atoms with Crippen molar-refractivity contribution in [2.24, 2.45) is 0 Å². The van der Waals surface area contributed by atoms with Crippen LogP contribution in [0.2, 0.25) is 0 Å². The Labute approximate surface area is 128 Å². The van der Waals surface area contributed by atoms with E-state index >= 15 is 0 Å². The summed E-state index contributed by atoms with van der Waals surface area (Å²) >= 11 is 6.73. The fraction of sp³-hybridized carbons (Fsp3) is 0.0714. The molecule has 19 heavy (non-hydrogen) atoms. The third-order valence-corrected chi connectivity index (χ3v) is 3.69. The zero-order valence-corrected chi connectivity index (χ0v) is 13.1. The van der Waals surface area contributed by atoms with E-state index in [1.165, 1.54) is 0 Å². The summed E-state index contributed by atoms with van der Waals surface area (Å²) in [4.78, 5) is 11.8. The fourth-order valence-electron chi connectivity index (χ4n) is 1.45. The van der Waals surface area contributed by atoms with E-state index in [1.54, 1.807) is 6.07 Å². The third-order valence-electron chi connectivity index (χ3n) is 2.34. The second kappa shape index (κ2) is 6.73. The first-order valence-corrected chi connectivity index (χ1v) is 7.17. The van der Waals surface area contributed by atoms with Gasteiger partial charge in [0.05, 0.1) is 10.2 Å². The van der Waals surface area contributed by atoms with Crippen LogP contribution in [0.4, 0.5) is 5.69 Å². The molecule has 98 valence electrons. The highest BCUT2D eigenvalue weighted by molar-refractivity contribution is 9.11. The highest BCUT2D eigenvalue weighted by Gasteiger charge is 2.07. The first kappa shape index (κ1) is 14.1. The Kier molecular flexibility index (Phi) is 4.99. The van der Waals surface area contributed by atoms with E-state index in [2.05, 4.69) is 37.2 Å². The van der Waals surface area contributed by atoms with E-state index in [0.29, 0.717) is 5.75 Å². The van der Waals surface area contributed by atoms with E-state index in [9.17, 15) is 4.79 Å². The Bertz CT molecular complexity index is 587. The second-order valence-electron chi connectivity index (χ2n) is 3.75. The maximum atomic E-state index is 11.8. The lowest BCUT2D eigenvalue weighted by Crippen LogP contribution is -2.20. The summed E-state index contributed by atoms with van der Waals surface area (Å²) in [5.74, 6) is 0.437. The van der Waals surface area contributed by atoms with Gasteiger partial charge < -0.3 is 10.1 Å². The van der Waals surface area contributed by atoms with Gasteiger partial charge in [0, 0.05) is 4.47 Å². The molecule has 1 amide bonds. The van der Waals surface area contributed by atoms with Gasteiger partial charge in [0.1, 0.15) is 5.75 Å². The van der Waals surface area contributed by atoms with Gasteiger partial charge in [-0.25, -0.2) is 0 Å². The highest BCUT2D eigenvalue weighted by atomic mass is 79.9. The van der Waals surface area contributed by atoms with Crippen molar-refractivity contribution >= 4 is 43.5 Å². The number of hydrogen-bond donors (Lipinski definition) is 1. The minimum Gasteiger partial charge on any atom is -0.483 e. The molecule has 0 unspecified atom stereocenters. The molecule has 0 atom stereocenters. The molecule has 3 nitrogen and oxygen atoms in total. The largest absolute Gasteiger partial charge is 0.483 e. The van der Waals surface area contributed by atoms with Crippen molar-refractivity contribution in [3.63, 3.8) is 0 Å². The van der Waals surface area contributed by atoms with Gasteiger partial charge in [-0.05, 0) is 56.1 Å². The quantitative estimate of drug-likeness (QED) is 0.856. The number of anilines is 1. The van der Waals surface area contributed by atoms with Crippen LogP contribution in [0, 0.1) is 0 Å². The maximum Gasteiger partial charge on any atom is 0.262 e. The summed E-state index contributed by atoms with van der Waals surface area (Å²) in [6.07, 6.45) is 0. The van der Waals surface area contributed by atoms with Crippen LogP contribution in [0.1, 0.15) is 0 Å². The topological polar surface area (TPSA) is 38.3 Å². The molecule has 5 heteroatoms. The Hall–Kier alpha value is -1.33. The summed E-state index contributed by atoms with van der Waals surface area (Å²) < 4.78 is 7.10. The van der Waals surface area contributed by atoms with Crippen LogP contribution in [-0.2, 0) is 4.79 Å². The molecule has 0 fully saturated rings. The van der Waals surface area contributed by atoms with Crippen LogP contribution in [0.25, 0.3) is 0 Å². The SMILES string of the molecule is O=C(COc1ccccc1Br)Nc1ccccc1Br. The van der Waals surface area contributed by atoms with Gasteiger partial charge in [-0.2, -0.15) is 0 Å². The average Bonchev–Trinajstić information content (AvgIpc) is 2.40. The number of carbonyl (C=O) groups is 1. The molecular formula is C14H11Br2NO2. The summed E-state index contributed by atoms with van der Waals surface area (Å²) in [5, 5.41) is 2.77. The maximum absolute atomic E-state index is 11.8. The number of amides is 1. The smallest absolute Gasteiger partial charge is 0.262 e. The standard InChI is InChI=1S/C14H11Br2NO2/c15-10-5-1-3-7-12(10)17-14(18)9-19-13-8-4-2-6-11(13)16/h1-8H,9H2,(H,17,18). The normalized spacial score (nSPS) is 10.0. The average molecular weight is 385 g/mol. The highest BCUT2D eigenvalue weighted by Crippen LogP contribution is 2.24. The molecule has 1 N–H and O–H groups in total. The number of para-hydroxylation sites is 2. The Morgan fingerprint density at radius 3 is 2.32 bits per heavy atom. The van der Waals surface area contributed by atoms with Gasteiger partial charge in [-0.1, -0.05) is 24.3 Å². The number of halogens is 2. The predicted octanol–water partition coefficient (Wildman–Crippen LogP) is 4.23. The zero-order chi connectivity index (χ0) is 13.7. The van der Waals surface area contributed by atoms with Crippen molar-refractivity contribution in [1.82, 2.24) is 0 Å². The number of rotatable bonds is 4. The van der Waals surface area contributed by atoms with Gasteiger partial charge in [0.15, 0.2) is 6.61 Å². The summed E-state index contributed by atoms with van der Waals surface area (Å²) in [7, 11) is 0. The van der Waals surface area contributed by atoms with E-state index in [4.69, 9.17) is 4.74 Å². The molecule has 2 rings (SSSR count). The van der Waals surface area contributed by atoms with Crippen molar-refractivity contribution in [1.29, 1.82) is 0 Å². The molecule has 2 aromatic rings. The van der Waals surface area contributed by atoms with E-state index in [-0.39, 0.29) is 12.5 Å². The van der Waals surface area contributed by atoms with Crippen LogP contribution in [-0.4, -0.2) is 12.5 Å². The molecule has 0 aliphatic rings. The van der Waals surface area contributed by atoms with Crippen LogP contribution in [0.5, 0.6) is 5.75 Å². The predicted molar refractivity (Wildman–Crippen MR) is 82.4 cm³/mol. The van der Waals surface area contributed by atoms with Crippen molar-refractivity contribution in [3.8, 4) is 5.75 Å². The van der Waals surface area contributed by atoms with E-state index in [0.717, 1.165) is 14.6 Å². The van der Waals surface area contributed by atoms with E-state index < -0.39 is 0 Å². The van der Waals surface area contributed by atoms with Crippen LogP contribution < -0.4 is 10.1 Å². The number of hydrogen-bond acceptors (Lipinski definition) is 2. The third kappa shape index (κ3) is 4.08. The van der Waals surface area contributed by atoms with Crippen LogP contribution >= 0.6 is 31.9 Å². The van der Waals surface area contributed by atoms with Gasteiger partial charge in [-0.3, -0.25) is 4.79 Å². The molecule has 0 aromatic heterocycles. The number of nitrogens with one attached hydrogen (secondary N) is 1. The molecular weight excluding hydrogens is 374 g/mol. The van der Waals surface area contributed by atoms with Gasteiger partial charge in [0.2, 0.25) is 0 Å². The van der Waals surface area contributed by atoms with Crippen molar-refractivity contribution in [2.75, 3.05) is 11.9 Å². The lowest BCUT2D eigenvalue weighted by atomic mass is 10.3. The van der Waals surface area contributed by atoms with Gasteiger partial charge in [0.25, 0.3) is 5.91 Å². The van der Waals surface area contributed by atoms with Crippen molar-refractivity contribution < 1.29 is 9.53 Å². The summed E-state index contributed by atoms with van der Waals surface area (Å²) in [6, 6.07) is 14.8. The van der Waals surface area contributed by atoms with Crippen molar-refractivity contribution in [2.45, 2.75) is 0 Å². The van der Waals surface area contributed by atoms with Crippen LogP contribution in [0.3, 0.4) is 0 Å². The fourth-order valence-corrected chi connectivity index (χ4v) is 2.24. The zero-order valence-electron chi connectivity index (χ0n) is 9.90. The summed E-state index contributed by atoms with van der Waals surface area (Å²) in [6.45, 7) is -0.0378. The number of benzene rings is 2. The molecule has 0 spiro atoms. The molecule has 0 bridgehead atoms. The molecule has 0 radical (unpaired) electrons. The van der Waals surface area contributed by atoms with Crippen LogP contribution in [0.15, 0.2) is 57.5 Å². The number of carbonyl (C=O) groups excluding carboxylic acids is 1. The Morgan fingerprint density at radius 2 is 1.63 bits per heavy atom. The summed E-state index contributed by atoms with van der Waals surface area (Å²) in [5.41, 5.74) is 0.725. The molecule has 0 saturated carbocycles. The molecule has 0 heterocycles. The molecule has 0 aliphatic heterocycles. The number of ether oxygens (including phenoxy) is 1. The first-order chi connectivity index (χ1) is 9.16. The monoisotopic (exact) mass is 383 g/mol. The molecule has 0 saturated heterocycles.